The average Bonchev–Trinajstić information content (AvgIpc) is 2.91. The van der Waals surface area contributed by atoms with Crippen LogP contribution in [0.25, 0.3) is 0 Å². The van der Waals surface area contributed by atoms with E-state index in [1.807, 2.05) is 6.07 Å². The molecule has 2 aromatic rings. The first-order chi connectivity index (χ1) is 7.81. The van der Waals surface area contributed by atoms with Crippen LogP contribution < -0.4 is 11.1 Å². The highest BCUT2D eigenvalue weighted by molar-refractivity contribution is 7.16. The molecule has 5 heteroatoms. The van der Waals surface area contributed by atoms with Gasteiger partial charge < -0.3 is 11.1 Å². The molecule has 86 valence electrons. The summed E-state index contributed by atoms with van der Waals surface area (Å²) in [5, 5.41) is 5.52. The lowest BCUT2D eigenvalue weighted by atomic mass is 10.2. The first-order valence-electron chi connectivity index (χ1n) is 5.03. The van der Waals surface area contributed by atoms with Gasteiger partial charge in [0.25, 0.3) is 0 Å². The van der Waals surface area contributed by atoms with Crippen molar-refractivity contribution in [2.45, 2.75) is 6.04 Å². The van der Waals surface area contributed by atoms with Crippen molar-refractivity contribution in [3.63, 3.8) is 0 Å². The van der Waals surface area contributed by atoms with Crippen molar-refractivity contribution < 1.29 is 0 Å². The molecule has 0 bridgehead atoms. The van der Waals surface area contributed by atoms with Crippen LogP contribution in [0.5, 0.6) is 0 Å². The SMILES string of the molecule is NCCNC(c1cccs1)c1ccc(Cl)s1. The van der Waals surface area contributed by atoms with Crippen LogP contribution in [0.15, 0.2) is 29.6 Å². The van der Waals surface area contributed by atoms with Gasteiger partial charge in [0.15, 0.2) is 0 Å². The van der Waals surface area contributed by atoms with Gasteiger partial charge in [0, 0.05) is 22.8 Å². The molecule has 3 N–H and O–H groups in total. The molecule has 0 radical (unpaired) electrons. The molecule has 2 heterocycles. The van der Waals surface area contributed by atoms with E-state index in [1.54, 1.807) is 22.7 Å². The van der Waals surface area contributed by atoms with Gasteiger partial charge in [-0.05, 0) is 23.6 Å². The van der Waals surface area contributed by atoms with E-state index >= 15 is 0 Å². The fourth-order valence-electron chi connectivity index (χ4n) is 1.51. The Morgan fingerprint density at radius 1 is 1.31 bits per heavy atom. The maximum atomic E-state index is 5.97. The normalized spacial score (nSPS) is 12.9. The van der Waals surface area contributed by atoms with E-state index in [-0.39, 0.29) is 6.04 Å². The number of thiophene rings is 2. The average molecular weight is 273 g/mol. The largest absolute Gasteiger partial charge is 0.329 e. The highest BCUT2D eigenvalue weighted by atomic mass is 35.5. The van der Waals surface area contributed by atoms with Crippen LogP contribution in [-0.2, 0) is 0 Å². The maximum absolute atomic E-state index is 5.97. The van der Waals surface area contributed by atoms with Crippen molar-refractivity contribution in [2.75, 3.05) is 13.1 Å². The van der Waals surface area contributed by atoms with Crippen molar-refractivity contribution in [3.05, 3.63) is 43.7 Å². The smallest absolute Gasteiger partial charge is 0.0931 e. The third kappa shape index (κ3) is 2.84. The van der Waals surface area contributed by atoms with E-state index in [9.17, 15) is 0 Å². The van der Waals surface area contributed by atoms with E-state index in [0.717, 1.165) is 10.9 Å². The molecule has 0 aliphatic heterocycles. The lowest BCUT2D eigenvalue weighted by Gasteiger charge is -2.15. The zero-order valence-electron chi connectivity index (χ0n) is 8.65. The van der Waals surface area contributed by atoms with Crippen molar-refractivity contribution in [3.8, 4) is 0 Å². The second-order valence-corrected chi connectivity index (χ2v) is 6.06. The molecule has 1 atom stereocenters. The van der Waals surface area contributed by atoms with Gasteiger partial charge in [-0.15, -0.1) is 22.7 Å². The lowest BCUT2D eigenvalue weighted by molar-refractivity contribution is 0.627. The lowest BCUT2D eigenvalue weighted by Crippen LogP contribution is -2.26. The van der Waals surface area contributed by atoms with E-state index < -0.39 is 0 Å². The first-order valence-corrected chi connectivity index (χ1v) is 7.11. The Balaban J connectivity index is 2.21. The summed E-state index contributed by atoms with van der Waals surface area (Å²) in [4.78, 5) is 2.54. The van der Waals surface area contributed by atoms with Gasteiger partial charge in [-0.3, -0.25) is 0 Å². The molecule has 0 aliphatic rings. The summed E-state index contributed by atoms with van der Waals surface area (Å²) in [5.74, 6) is 0. The van der Waals surface area contributed by atoms with Gasteiger partial charge in [-0.2, -0.15) is 0 Å². The predicted octanol–water partition coefficient (Wildman–Crippen LogP) is 3.10. The quantitative estimate of drug-likeness (QED) is 0.878. The monoisotopic (exact) mass is 272 g/mol. The van der Waals surface area contributed by atoms with Crippen LogP contribution >= 0.6 is 34.3 Å². The summed E-state index contributed by atoms with van der Waals surface area (Å²) < 4.78 is 0.825. The highest BCUT2D eigenvalue weighted by Crippen LogP contribution is 2.32. The van der Waals surface area contributed by atoms with Gasteiger partial charge in [-0.25, -0.2) is 0 Å². The van der Waals surface area contributed by atoms with Gasteiger partial charge in [-0.1, -0.05) is 17.7 Å². The summed E-state index contributed by atoms with van der Waals surface area (Å²) in [6, 6.07) is 8.42. The molecule has 0 saturated carbocycles. The molecular weight excluding hydrogens is 260 g/mol. The van der Waals surface area contributed by atoms with Gasteiger partial charge in [0.2, 0.25) is 0 Å². The third-order valence-corrected chi connectivity index (χ3v) is 4.43. The molecule has 0 spiro atoms. The third-order valence-electron chi connectivity index (χ3n) is 2.20. The minimum Gasteiger partial charge on any atom is -0.329 e. The number of halogens is 1. The highest BCUT2D eigenvalue weighted by Gasteiger charge is 2.15. The Kier molecular flexibility index (Phi) is 4.37. The number of hydrogen-bond acceptors (Lipinski definition) is 4. The van der Waals surface area contributed by atoms with Gasteiger partial charge in [0.1, 0.15) is 0 Å². The molecule has 0 aromatic carbocycles. The summed E-state index contributed by atoms with van der Waals surface area (Å²) in [7, 11) is 0. The van der Waals surface area contributed by atoms with Crippen molar-refractivity contribution >= 4 is 34.3 Å². The van der Waals surface area contributed by atoms with Crippen LogP contribution in [0.1, 0.15) is 15.8 Å². The van der Waals surface area contributed by atoms with Crippen molar-refractivity contribution in [1.29, 1.82) is 0 Å². The molecule has 2 aromatic heterocycles. The van der Waals surface area contributed by atoms with Crippen molar-refractivity contribution in [1.82, 2.24) is 5.32 Å². The molecule has 0 amide bonds. The molecule has 0 saturated heterocycles. The Morgan fingerprint density at radius 3 is 2.75 bits per heavy atom. The second-order valence-electron chi connectivity index (χ2n) is 3.33. The van der Waals surface area contributed by atoms with Crippen LogP contribution in [0.3, 0.4) is 0 Å². The maximum Gasteiger partial charge on any atom is 0.0931 e. The Morgan fingerprint density at radius 2 is 2.19 bits per heavy atom. The summed E-state index contributed by atoms with van der Waals surface area (Å²) in [6.45, 7) is 1.44. The zero-order chi connectivity index (χ0) is 11.4. The van der Waals surface area contributed by atoms with E-state index in [4.69, 9.17) is 17.3 Å². The summed E-state index contributed by atoms with van der Waals surface area (Å²) >= 11 is 9.33. The Bertz CT molecular complexity index is 425. The van der Waals surface area contributed by atoms with Crippen LogP contribution in [0.2, 0.25) is 4.34 Å². The Hall–Kier alpha value is -0.390. The summed E-state index contributed by atoms with van der Waals surface area (Å²) in [5.41, 5.74) is 5.53. The predicted molar refractivity (Wildman–Crippen MR) is 72.5 cm³/mol. The Labute approximate surface area is 108 Å². The van der Waals surface area contributed by atoms with Crippen LogP contribution in [0, 0.1) is 0 Å². The standard InChI is InChI=1S/C11H13ClN2S2/c12-10-4-3-9(16-10)11(14-6-5-13)8-2-1-7-15-8/h1-4,7,11,14H,5-6,13H2. The molecule has 2 nitrogen and oxygen atoms in total. The van der Waals surface area contributed by atoms with Crippen molar-refractivity contribution in [2.24, 2.45) is 5.73 Å². The molecule has 2 rings (SSSR count). The van der Waals surface area contributed by atoms with E-state index in [0.29, 0.717) is 6.54 Å². The fraction of sp³-hybridized carbons (Fsp3) is 0.273. The minimum absolute atomic E-state index is 0.223. The molecule has 0 aliphatic carbocycles. The van der Waals surface area contributed by atoms with E-state index in [2.05, 4.69) is 28.9 Å². The van der Waals surface area contributed by atoms with Crippen LogP contribution in [-0.4, -0.2) is 13.1 Å². The molecular formula is C11H13ClN2S2. The molecule has 0 fully saturated rings. The molecule has 1 unspecified atom stereocenters. The minimum atomic E-state index is 0.223. The second kappa shape index (κ2) is 5.80. The number of nitrogens with two attached hydrogens (primary N) is 1. The van der Waals surface area contributed by atoms with Crippen LogP contribution in [0.4, 0.5) is 0 Å². The van der Waals surface area contributed by atoms with Gasteiger partial charge >= 0.3 is 0 Å². The number of rotatable bonds is 5. The molecule has 16 heavy (non-hydrogen) atoms. The van der Waals surface area contributed by atoms with E-state index in [1.165, 1.54) is 9.75 Å². The topological polar surface area (TPSA) is 38.0 Å². The zero-order valence-corrected chi connectivity index (χ0v) is 11.0. The van der Waals surface area contributed by atoms with Gasteiger partial charge in [0.05, 0.1) is 10.4 Å². The number of nitrogens with one attached hydrogen (secondary N) is 1. The fourth-order valence-corrected chi connectivity index (χ4v) is 3.56. The number of hydrogen-bond donors (Lipinski definition) is 2. The summed E-state index contributed by atoms with van der Waals surface area (Å²) in [6.07, 6.45) is 0. The first kappa shape index (κ1) is 12.1.